The van der Waals surface area contributed by atoms with Gasteiger partial charge in [-0.25, -0.2) is 0 Å². The number of aldehydes is 1. The fourth-order valence-corrected chi connectivity index (χ4v) is 1.79. The average Bonchev–Trinajstić information content (AvgIpc) is 2.39. The van der Waals surface area contributed by atoms with E-state index in [1.165, 1.54) is 18.9 Å². The van der Waals surface area contributed by atoms with Gasteiger partial charge in [0.25, 0.3) is 0 Å². The molecule has 0 atom stereocenters. The lowest BCUT2D eigenvalue weighted by Crippen LogP contribution is -1.93. The Labute approximate surface area is 108 Å². The summed E-state index contributed by atoms with van der Waals surface area (Å²) in [6.07, 6.45) is 8.99. The van der Waals surface area contributed by atoms with E-state index in [4.69, 9.17) is 4.74 Å². The Morgan fingerprint density at radius 1 is 1.28 bits per heavy atom. The topological polar surface area (TPSA) is 46.5 Å². The van der Waals surface area contributed by atoms with Crippen molar-refractivity contribution in [3.8, 4) is 11.5 Å². The Hall–Kier alpha value is -1.77. The molecular weight excluding hydrogens is 228 g/mol. The standard InChI is InChI=1S/C15H20O3/c1-3-4-5-6-7-8-12-13(11-16)14(17)9-10-15(12)18-2/h7-11,17H,3-6H2,1-2H3. The summed E-state index contributed by atoms with van der Waals surface area (Å²) < 4.78 is 5.20. The van der Waals surface area contributed by atoms with Gasteiger partial charge in [0.1, 0.15) is 11.5 Å². The number of carbonyl (C=O) groups is 1. The second kappa shape index (κ2) is 7.54. The fraction of sp³-hybridized carbons (Fsp3) is 0.400. The van der Waals surface area contributed by atoms with Gasteiger partial charge < -0.3 is 9.84 Å². The molecule has 0 heterocycles. The van der Waals surface area contributed by atoms with Crippen molar-refractivity contribution in [2.75, 3.05) is 7.11 Å². The molecule has 0 aliphatic heterocycles. The van der Waals surface area contributed by atoms with E-state index < -0.39 is 0 Å². The molecule has 1 aromatic rings. The van der Waals surface area contributed by atoms with Crippen LogP contribution in [-0.2, 0) is 0 Å². The predicted octanol–water partition coefficient (Wildman–Crippen LogP) is 3.81. The van der Waals surface area contributed by atoms with Crippen LogP contribution in [0, 0.1) is 0 Å². The molecule has 0 aliphatic rings. The monoisotopic (exact) mass is 248 g/mol. The van der Waals surface area contributed by atoms with Gasteiger partial charge in [-0.05, 0) is 25.0 Å². The van der Waals surface area contributed by atoms with Crippen molar-refractivity contribution < 1.29 is 14.6 Å². The van der Waals surface area contributed by atoms with Crippen LogP contribution in [0.25, 0.3) is 6.08 Å². The second-order valence-corrected chi connectivity index (χ2v) is 4.13. The molecule has 0 aliphatic carbocycles. The zero-order valence-electron chi connectivity index (χ0n) is 11.0. The third-order valence-corrected chi connectivity index (χ3v) is 2.82. The van der Waals surface area contributed by atoms with Crippen LogP contribution in [0.5, 0.6) is 11.5 Å². The molecule has 0 aromatic heterocycles. The highest BCUT2D eigenvalue weighted by Gasteiger charge is 2.10. The second-order valence-electron chi connectivity index (χ2n) is 4.13. The molecule has 1 aromatic carbocycles. The normalized spacial score (nSPS) is 10.8. The van der Waals surface area contributed by atoms with Crippen molar-refractivity contribution >= 4 is 12.4 Å². The summed E-state index contributed by atoms with van der Waals surface area (Å²) in [4.78, 5) is 11.0. The van der Waals surface area contributed by atoms with Gasteiger partial charge in [-0.3, -0.25) is 4.79 Å². The molecule has 0 fully saturated rings. The van der Waals surface area contributed by atoms with Crippen molar-refractivity contribution in [1.29, 1.82) is 0 Å². The molecule has 98 valence electrons. The van der Waals surface area contributed by atoms with E-state index in [-0.39, 0.29) is 11.3 Å². The summed E-state index contributed by atoms with van der Waals surface area (Å²) in [5, 5.41) is 9.63. The Bertz CT molecular complexity index is 422. The number of unbranched alkanes of at least 4 members (excludes halogenated alkanes) is 3. The van der Waals surface area contributed by atoms with Crippen molar-refractivity contribution in [3.63, 3.8) is 0 Å². The number of phenolic OH excluding ortho intramolecular Hbond substituents is 1. The number of allylic oxidation sites excluding steroid dienone is 1. The van der Waals surface area contributed by atoms with E-state index in [0.717, 1.165) is 12.8 Å². The van der Waals surface area contributed by atoms with E-state index in [1.807, 2.05) is 12.2 Å². The van der Waals surface area contributed by atoms with Crippen molar-refractivity contribution in [1.82, 2.24) is 0 Å². The summed E-state index contributed by atoms with van der Waals surface area (Å²) in [7, 11) is 1.55. The molecule has 0 amide bonds. The first-order valence-electron chi connectivity index (χ1n) is 6.26. The number of ether oxygens (including phenoxy) is 1. The maximum absolute atomic E-state index is 11.0. The van der Waals surface area contributed by atoms with E-state index in [2.05, 4.69) is 6.92 Å². The summed E-state index contributed by atoms with van der Waals surface area (Å²) in [6.45, 7) is 2.16. The number of hydrogen-bond donors (Lipinski definition) is 1. The summed E-state index contributed by atoms with van der Waals surface area (Å²) in [5.41, 5.74) is 0.921. The number of aromatic hydroxyl groups is 1. The number of hydrogen-bond acceptors (Lipinski definition) is 3. The number of benzene rings is 1. The molecule has 0 radical (unpaired) electrons. The molecule has 0 bridgehead atoms. The molecule has 1 N–H and O–H groups in total. The first-order valence-corrected chi connectivity index (χ1v) is 6.26. The minimum Gasteiger partial charge on any atom is -0.507 e. The quantitative estimate of drug-likeness (QED) is 0.589. The fourth-order valence-electron chi connectivity index (χ4n) is 1.79. The SMILES string of the molecule is CCCCCC=Cc1c(OC)ccc(O)c1C=O. The lowest BCUT2D eigenvalue weighted by atomic mass is 10.0. The first kappa shape index (κ1) is 14.3. The third-order valence-electron chi connectivity index (χ3n) is 2.82. The summed E-state index contributed by atoms with van der Waals surface area (Å²) >= 11 is 0. The van der Waals surface area contributed by atoms with Crippen LogP contribution in [-0.4, -0.2) is 18.5 Å². The summed E-state index contributed by atoms with van der Waals surface area (Å²) in [5.74, 6) is 0.584. The average molecular weight is 248 g/mol. The van der Waals surface area contributed by atoms with E-state index in [9.17, 15) is 9.90 Å². The van der Waals surface area contributed by atoms with Gasteiger partial charge in [-0.2, -0.15) is 0 Å². The zero-order valence-corrected chi connectivity index (χ0v) is 11.0. The van der Waals surface area contributed by atoms with E-state index >= 15 is 0 Å². The molecule has 18 heavy (non-hydrogen) atoms. The number of phenols is 1. The Morgan fingerprint density at radius 2 is 2.06 bits per heavy atom. The highest BCUT2D eigenvalue weighted by atomic mass is 16.5. The molecule has 0 spiro atoms. The van der Waals surface area contributed by atoms with Crippen LogP contribution < -0.4 is 4.74 Å². The van der Waals surface area contributed by atoms with Crippen LogP contribution in [0.2, 0.25) is 0 Å². The number of carbonyl (C=O) groups excluding carboxylic acids is 1. The third kappa shape index (κ3) is 3.62. The molecule has 0 saturated heterocycles. The van der Waals surface area contributed by atoms with E-state index in [1.54, 1.807) is 13.2 Å². The van der Waals surface area contributed by atoms with Crippen LogP contribution in [0.3, 0.4) is 0 Å². The van der Waals surface area contributed by atoms with Crippen molar-refractivity contribution in [2.24, 2.45) is 0 Å². The maximum atomic E-state index is 11.0. The molecule has 0 saturated carbocycles. The maximum Gasteiger partial charge on any atom is 0.154 e. The largest absolute Gasteiger partial charge is 0.507 e. The molecule has 3 heteroatoms. The highest BCUT2D eigenvalue weighted by molar-refractivity contribution is 5.87. The molecular formula is C15H20O3. The predicted molar refractivity (Wildman–Crippen MR) is 73.2 cm³/mol. The zero-order chi connectivity index (χ0) is 13.4. The Balaban J connectivity index is 2.91. The van der Waals surface area contributed by atoms with Gasteiger partial charge in [-0.15, -0.1) is 0 Å². The smallest absolute Gasteiger partial charge is 0.154 e. The molecule has 3 nitrogen and oxygen atoms in total. The van der Waals surface area contributed by atoms with Gasteiger partial charge in [0, 0.05) is 5.56 Å². The Morgan fingerprint density at radius 3 is 2.67 bits per heavy atom. The van der Waals surface area contributed by atoms with Crippen molar-refractivity contribution in [2.45, 2.75) is 32.6 Å². The van der Waals surface area contributed by atoms with Gasteiger partial charge in [0.05, 0.1) is 12.7 Å². The van der Waals surface area contributed by atoms with Crippen LogP contribution in [0.4, 0.5) is 0 Å². The van der Waals surface area contributed by atoms with Gasteiger partial charge in [-0.1, -0.05) is 31.9 Å². The number of methoxy groups -OCH3 is 1. The summed E-state index contributed by atoms with van der Waals surface area (Å²) in [6, 6.07) is 3.13. The molecule has 0 unspecified atom stereocenters. The van der Waals surface area contributed by atoms with Gasteiger partial charge >= 0.3 is 0 Å². The lowest BCUT2D eigenvalue weighted by molar-refractivity contribution is 0.112. The van der Waals surface area contributed by atoms with Gasteiger partial charge in [0.15, 0.2) is 6.29 Å². The first-order chi connectivity index (χ1) is 8.74. The Kier molecular flexibility index (Phi) is 5.98. The van der Waals surface area contributed by atoms with E-state index in [0.29, 0.717) is 17.6 Å². The van der Waals surface area contributed by atoms with Crippen LogP contribution in [0.1, 0.15) is 48.5 Å². The van der Waals surface area contributed by atoms with Crippen LogP contribution >= 0.6 is 0 Å². The lowest BCUT2D eigenvalue weighted by Gasteiger charge is -2.08. The van der Waals surface area contributed by atoms with Crippen molar-refractivity contribution in [3.05, 3.63) is 29.3 Å². The minimum absolute atomic E-state index is 0.0148. The minimum atomic E-state index is -0.0148. The number of rotatable bonds is 7. The highest BCUT2D eigenvalue weighted by Crippen LogP contribution is 2.29. The van der Waals surface area contributed by atoms with Crippen LogP contribution in [0.15, 0.2) is 18.2 Å². The van der Waals surface area contributed by atoms with Gasteiger partial charge in [0.2, 0.25) is 0 Å². The molecule has 1 rings (SSSR count).